The minimum atomic E-state index is 0.126. The molecule has 0 atom stereocenters. The number of hydrogen-bond donors (Lipinski definition) is 1. The number of nitrogens with zero attached hydrogens (tertiary/aromatic N) is 3. The second-order valence-electron chi connectivity index (χ2n) is 4.89. The topological polar surface area (TPSA) is 41.3 Å². The van der Waals surface area contributed by atoms with Crippen molar-refractivity contribution in [2.24, 2.45) is 7.05 Å². The largest absolute Gasteiger partial charge is 0.395 e. The van der Waals surface area contributed by atoms with Crippen molar-refractivity contribution < 1.29 is 5.11 Å². The minimum absolute atomic E-state index is 0.126. The summed E-state index contributed by atoms with van der Waals surface area (Å²) in [5, 5.41) is 14.3. The highest BCUT2D eigenvalue weighted by Crippen LogP contribution is 2.21. The number of aryl methyl sites for hydroxylation is 2. The van der Waals surface area contributed by atoms with Gasteiger partial charge in [0, 0.05) is 26.7 Å². The van der Waals surface area contributed by atoms with Gasteiger partial charge in [-0.3, -0.25) is 9.58 Å². The smallest absolute Gasteiger partial charge is 0.0860 e. The second-order valence-corrected chi connectivity index (χ2v) is 5.27. The van der Waals surface area contributed by atoms with Gasteiger partial charge in [-0.25, -0.2) is 0 Å². The Bertz CT molecular complexity index is 554. The van der Waals surface area contributed by atoms with Crippen LogP contribution in [0.25, 0.3) is 0 Å². The third-order valence-electron chi connectivity index (χ3n) is 3.30. The molecule has 0 saturated heterocycles. The summed E-state index contributed by atoms with van der Waals surface area (Å²) in [7, 11) is 1.90. The van der Waals surface area contributed by atoms with Gasteiger partial charge in [0.25, 0.3) is 0 Å². The van der Waals surface area contributed by atoms with Gasteiger partial charge < -0.3 is 5.11 Å². The van der Waals surface area contributed by atoms with Crippen LogP contribution >= 0.6 is 11.6 Å². The molecule has 0 fully saturated rings. The maximum absolute atomic E-state index is 9.24. The van der Waals surface area contributed by atoms with Gasteiger partial charge >= 0.3 is 0 Å². The highest BCUT2D eigenvalue weighted by atomic mass is 35.5. The van der Waals surface area contributed by atoms with E-state index < -0.39 is 0 Å². The van der Waals surface area contributed by atoms with E-state index in [1.54, 1.807) is 0 Å². The fraction of sp³-hybridized carbons (Fsp3) is 0.400. The molecule has 0 radical (unpaired) electrons. The third-order valence-corrected chi connectivity index (χ3v) is 3.79. The van der Waals surface area contributed by atoms with Gasteiger partial charge in [-0.1, -0.05) is 41.9 Å². The lowest BCUT2D eigenvalue weighted by Crippen LogP contribution is -2.27. The molecule has 20 heavy (non-hydrogen) atoms. The van der Waals surface area contributed by atoms with Gasteiger partial charge in [-0.2, -0.15) is 5.10 Å². The third kappa shape index (κ3) is 3.60. The van der Waals surface area contributed by atoms with Crippen LogP contribution in [0.2, 0.25) is 5.02 Å². The van der Waals surface area contributed by atoms with E-state index in [-0.39, 0.29) is 6.61 Å². The monoisotopic (exact) mass is 293 g/mol. The van der Waals surface area contributed by atoms with Crippen LogP contribution in [0.4, 0.5) is 0 Å². The molecule has 1 aromatic carbocycles. The van der Waals surface area contributed by atoms with Crippen LogP contribution in [0.3, 0.4) is 0 Å². The number of aliphatic hydroxyl groups is 1. The Balaban J connectivity index is 2.13. The van der Waals surface area contributed by atoms with Crippen molar-refractivity contribution in [1.82, 2.24) is 14.7 Å². The van der Waals surface area contributed by atoms with E-state index in [2.05, 4.69) is 22.1 Å². The Morgan fingerprint density at radius 1 is 1.25 bits per heavy atom. The normalized spacial score (nSPS) is 11.2. The molecule has 0 aliphatic carbocycles. The zero-order valence-corrected chi connectivity index (χ0v) is 12.6. The highest BCUT2D eigenvalue weighted by molar-refractivity contribution is 6.31. The Hall–Kier alpha value is -1.36. The summed E-state index contributed by atoms with van der Waals surface area (Å²) >= 11 is 6.29. The number of rotatable bonds is 6. The standard InChI is InChI=1S/C15H20ClN3O/c1-12-15(16)14(18(2)17-12)11-19(8-9-20)10-13-6-4-3-5-7-13/h3-7,20H,8-11H2,1-2H3. The van der Waals surface area contributed by atoms with Crippen molar-refractivity contribution in [2.45, 2.75) is 20.0 Å². The van der Waals surface area contributed by atoms with E-state index in [0.717, 1.165) is 17.9 Å². The Labute approximate surface area is 124 Å². The summed E-state index contributed by atoms with van der Waals surface area (Å²) in [4.78, 5) is 2.16. The first-order chi connectivity index (χ1) is 9.61. The van der Waals surface area contributed by atoms with Crippen molar-refractivity contribution in [3.05, 3.63) is 52.3 Å². The van der Waals surface area contributed by atoms with Crippen molar-refractivity contribution in [3.63, 3.8) is 0 Å². The Kier molecular flexibility index (Phi) is 5.17. The number of aromatic nitrogens is 2. The first kappa shape index (κ1) is 15.0. The van der Waals surface area contributed by atoms with E-state index in [9.17, 15) is 5.11 Å². The Morgan fingerprint density at radius 2 is 1.95 bits per heavy atom. The van der Waals surface area contributed by atoms with Gasteiger partial charge in [0.15, 0.2) is 0 Å². The van der Waals surface area contributed by atoms with Gasteiger partial charge in [0.2, 0.25) is 0 Å². The van der Waals surface area contributed by atoms with Crippen LogP contribution < -0.4 is 0 Å². The minimum Gasteiger partial charge on any atom is -0.395 e. The summed E-state index contributed by atoms with van der Waals surface area (Å²) < 4.78 is 1.81. The Morgan fingerprint density at radius 3 is 2.50 bits per heavy atom. The molecule has 1 heterocycles. The molecule has 1 aromatic heterocycles. The van der Waals surface area contributed by atoms with Gasteiger partial charge in [0.05, 0.1) is 23.0 Å². The van der Waals surface area contributed by atoms with E-state index in [0.29, 0.717) is 18.1 Å². The summed E-state index contributed by atoms with van der Waals surface area (Å²) in [6.45, 7) is 4.09. The molecule has 2 rings (SSSR count). The maximum Gasteiger partial charge on any atom is 0.0860 e. The number of hydrogen-bond acceptors (Lipinski definition) is 3. The summed E-state index contributed by atoms with van der Waals surface area (Å²) in [5.74, 6) is 0. The van der Waals surface area contributed by atoms with Crippen molar-refractivity contribution in [2.75, 3.05) is 13.2 Å². The summed E-state index contributed by atoms with van der Waals surface area (Å²) in [6.07, 6.45) is 0. The molecule has 0 aliphatic heterocycles. The molecular weight excluding hydrogens is 274 g/mol. The van der Waals surface area contributed by atoms with Crippen LogP contribution in [0, 0.1) is 6.92 Å². The molecule has 0 bridgehead atoms. The molecular formula is C15H20ClN3O. The van der Waals surface area contributed by atoms with Crippen molar-refractivity contribution in [1.29, 1.82) is 0 Å². The molecule has 108 valence electrons. The molecule has 2 aromatic rings. The van der Waals surface area contributed by atoms with Gasteiger partial charge in [-0.05, 0) is 12.5 Å². The van der Waals surface area contributed by atoms with Crippen LogP contribution in [-0.4, -0.2) is 32.9 Å². The summed E-state index contributed by atoms with van der Waals surface area (Å²) in [5.41, 5.74) is 3.04. The summed E-state index contributed by atoms with van der Waals surface area (Å²) in [6, 6.07) is 10.2. The molecule has 0 spiro atoms. The predicted molar refractivity (Wildman–Crippen MR) is 80.6 cm³/mol. The first-order valence-corrected chi connectivity index (χ1v) is 7.04. The number of benzene rings is 1. The zero-order valence-electron chi connectivity index (χ0n) is 11.9. The number of halogens is 1. The molecule has 0 aliphatic rings. The lowest BCUT2D eigenvalue weighted by atomic mass is 10.2. The average molecular weight is 294 g/mol. The van der Waals surface area contributed by atoms with Gasteiger partial charge in [0.1, 0.15) is 0 Å². The van der Waals surface area contributed by atoms with Gasteiger partial charge in [-0.15, -0.1) is 0 Å². The molecule has 1 N–H and O–H groups in total. The van der Waals surface area contributed by atoms with Crippen LogP contribution in [0.5, 0.6) is 0 Å². The zero-order chi connectivity index (χ0) is 14.5. The van der Waals surface area contributed by atoms with Crippen molar-refractivity contribution >= 4 is 11.6 Å². The SMILES string of the molecule is Cc1nn(C)c(CN(CCO)Cc2ccccc2)c1Cl. The van der Waals surface area contributed by atoms with Crippen LogP contribution in [-0.2, 0) is 20.1 Å². The van der Waals surface area contributed by atoms with E-state index in [1.165, 1.54) is 5.56 Å². The van der Waals surface area contributed by atoms with Crippen LogP contribution in [0.1, 0.15) is 17.0 Å². The fourth-order valence-corrected chi connectivity index (χ4v) is 2.48. The predicted octanol–water partition coefficient (Wildman–Crippen LogP) is 2.38. The van der Waals surface area contributed by atoms with Crippen molar-refractivity contribution in [3.8, 4) is 0 Å². The van der Waals surface area contributed by atoms with E-state index in [4.69, 9.17) is 11.6 Å². The van der Waals surface area contributed by atoms with E-state index in [1.807, 2.05) is 36.9 Å². The molecule has 0 unspecified atom stereocenters. The number of aliphatic hydroxyl groups excluding tert-OH is 1. The highest BCUT2D eigenvalue weighted by Gasteiger charge is 2.15. The quantitative estimate of drug-likeness (QED) is 0.889. The fourth-order valence-electron chi connectivity index (χ4n) is 2.26. The molecule has 0 saturated carbocycles. The van der Waals surface area contributed by atoms with Crippen LogP contribution in [0.15, 0.2) is 30.3 Å². The molecule has 4 nitrogen and oxygen atoms in total. The first-order valence-electron chi connectivity index (χ1n) is 6.67. The lowest BCUT2D eigenvalue weighted by Gasteiger charge is -2.21. The van der Waals surface area contributed by atoms with E-state index >= 15 is 0 Å². The molecule has 5 heteroatoms. The maximum atomic E-state index is 9.24. The second kappa shape index (κ2) is 6.88. The molecule has 0 amide bonds. The average Bonchev–Trinajstić information content (AvgIpc) is 2.67. The lowest BCUT2D eigenvalue weighted by molar-refractivity contribution is 0.181.